The van der Waals surface area contributed by atoms with Crippen molar-refractivity contribution in [1.82, 2.24) is 9.88 Å². The summed E-state index contributed by atoms with van der Waals surface area (Å²) in [6.45, 7) is 4.50. The molecule has 1 aliphatic carbocycles. The van der Waals surface area contributed by atoms with Gasteiger partial charge in [0.1, 0.15) is 12.0 Å². The second-order valence-corrected chi connectivity index (χ2v) is 7.98. The van der Waals surface area contributed by atoms with E-state index in [4.69, 9.17) is 21.7 Å². The van der Waals surface area contributed by atoms with Crippen molar-refractivity contribution in [3.05, 3.63) is 92.9 Å². The van der Waals surface area contributed by atoms with E-state index in [1.54, 1.807) is 36.0 Å². The largest absolute Gasteiger partial charge is 0.393 e. The normalized spacial score (nSPS) is 18.7. The minimum absolute atomic E-state index is 0.170. The van der Waals surface area contributed by atoms with Gasteiger partial charge >= 0.3 is 0 Å². The Morgan fingerprint density at radius 2 is 2.00 bits per heavy atom. The number of benzene rings is 1. The summed E-state index contributed by atoms with van der Waals surface area (Å²) in [5.74, 6) is 0.679. The lowest BCUT2D eigenvalue weighted by atomic mass is 9.93. The van der Waals surface area contributed by atoms with Crippen LogP contribution in [0.2, 0.25) is 5.02 Å². The number of ether oxygens (including phenoxy) is 1. The van der Waals surface area contributed by atoms with Crippen LogP contribution in [0.5, 0.6) is 0 Å². The first kappa shape index (κ1) is 21.9. The number of rotatable bonds is 5. The fraction of sp³-hybridized carbons (Fsp3) is 0.200. The van der Waals surface area contributed by atoms with Gasteiger partial charge in [-0.1, -0.05) is 17.7 Å². The van der Waals surface area contributed by atoms with Crippen LogP contribution < -0.4 is 16.2 Å². The van der Waals surface area contributed by atoms with Gasteiger partial charge in [0.15, 0.2) is 0 Å². The molecule has 1 aliphatic heterocycles. The number of anilines is 1. The molecule has 7 heteroatoms. The molecule has 164 valence electrons. The van der Waals surface area contributed by atoms with Gasteiger partial charge in [-0.15, -0.1) is 0 Å². The minimum atomic E-state index is -0.323. The Hall–Kier alpha value is -3.35. The fourth-order valence-corrected chi connectivity index (χ4v) is 4.00. The lowest BCUT2D eigenvalue weighted by Gasteiger charge is -2.28. The molecule has 0 saturated carbocycles. The number of pyridine rings is 1. The van der Waals surface area contributed by atoms with Crippen LogP contribution >= 0.6 is 11.6 Å². The first-order valence-corrected chi connectivity index (χ1v) is 10.8. The van der Waals surface area contributed by atoms with E-state index in [1.807, 2.05) is 50.3 Å². The van der Waals surface area contributed by atoms with Crippen LogP contribution in [-0.4, -0.2) is 30.2 Å². The van der Waals surface area contributed by atoms with Crippen molar-refractivity contribution < 1.29 is 4.74 Å². The number of fused-ring (bicyclic) bond motifs is 1. The quantitative estimate of drug-likeness (QED) is 0.616. The average Bonchev–Trinajstić information content (AvgIpc) is 2.76. The number of hydrogen-bond acceptors (Lipinski definition) is 5. The molecule has 1 aromatic carbocycles. The second kappa shape index (κ2) is 9.02. The highest BCUT2D eigenvalue weighted by atomic mass is 35.5. The van der Waals surface area contributed by atoms with E-state index < -0.39 is 0 Å². The van der Waals surface area contributed by atoms with Crippen molar-refractivity contribution in [1.29, 1.82) is 5.41 Å². The van der Waals surface area contributed by atoms with E-state index in [-0.39, 0.29) is 11.8 Å². The molecule has 2 aromatic rings. The summed E-state index contributed by atoms with van der Waals surface area (Å²) in [6.07, 6.45) is 8.81. The van der Waals surface area contributed by atoms with Gasteiger partial charge in [-0.05, 0) is 73.6 Å². The topological polar surface area (TPSA) is 79.1 Å². The lowest BCUT2D eigenvalue weighted by molar-refractivity contribution is 0.114. The molecule has 0 bridgehead atoms. The molecule has 3 N–H and O–H groups in total. The average molecular weight is 449 g/mol. The van der Waals surface area contributed by atoms with Gasteiger partial charge < -0.3 is 20.8 Å². The number of nitrogens with one attached hydrogen (secondary N) is 3. The number of aromatic nitrogens is 1. The van der Waals surface area contributed by atoms with E-state index in [0.29, 0.717) is 40.0 Å². The third-order valence-electron chi connectivity index (χ3n) is 5.40. The van der Waals surface area contributed by atoms with Crippen molar-refractivity contribution in [2.24, 2.45) is 0 Å². The summed E-state index contributed by atoms with van der Waals surface area (Å²) in [7, 11) is 1.78. The summed E-state index contributed by atoms with van der Waals surface area (Å²) in [5, 5.41) is 15.0. The molecular weight excluding hydrogens is 424 g/mol. The standard InChI is InChI=1S/C25H25ClN4O2/c1-4-32-23-11-15(2)20-13-21(16-5-10-22(27)17(12-16)14-28-3)25(31)30(24(20)29-23)19-8-6-18(26)7-9-19/h5-14,23,27-29H,4H2,1-3H3/b17-14-,27-22?. The maximum Gasteiger partial charge on any atom is 0.264 e. The Morgan fingerprint density at radius 3 is 2.69 bits per heavy atom. The molecule has 0 fully saturated rings. The molecule has 6 nitrogen and oxygen atoms in total. The zero-order valence-corrected chi connectivity index (χ0v) is 19.0. The van der Waals surface area contributed by atoms with Gasteiger partial charge in [0.2, 0.25) is 0 Å². The van der Waals surface area contributed by atoms with Crippen molar-refractivity contribution in [2.75, 3.05) is 19.0 Å². The highest BCUT2D eigenvalue weighted by molar-refractivity contribution is 6.30. The summed E-state index contributed by atoms with van der Waals surface area (Å²) < 4.78 is 7.44. The molecule has 1 aromatic heterocycles. The van der Waals surface area contributed by atoms with Gasteiger partial charge in [0.25, 0.3) is 5.56 Å². The molecule has 0 amide bonds. The van der Waals surface area contributed by atoms with Gasteiger partial charge in [-0.2, -0.15) is 0 Å². The molecule has 1 atom stereocenters. The maximum absolute atomic E-state index is 13.8. The van der Waals surface area contributed by atoms with Crippen LogP contribution in [0, 0.1) is 5.41 Å². The van der Waals surface area contributed by atoms with Crippen molar-refractivity contribution in [2.45, 2.75) is 20.1 Å². The number of hydrogen-bond donors (Lipinski definition) is 3. The highest BCUT2D eigenvalue weighted by Gasteiger charge is 2.25. The van der Waals surface area contributed by atoms with Crippen LogP contribution in [0.1, 0.15) is 25.0 Å². The van der Waals surface area contributed by atoms with Crippen LogP contribution in [0.3, 0.4) is 0 Å². The summed E-state index contributed by atoms with van der Waals surface area (Å²) in [4.78, 5) is 13.8. The van der Waals surface area contributed by atoms with E-state index >= 15 is 0 Å². The Bertz CT molecular complexity index is 1250. The van der Waals surface area contributed by atoms with E-state index in [9.17, 15) is 4.79 Å². The smallest absolute Gasteiger partial charge is 0.264 e. The van der Waals surface area contributed by atoms with Crippen LogP contribution in [-0.2, 0) is 4.74 Å². The molecule has 0 saturated heterocycles. The Morgan fingerprint density at radius 1 is 1.25 bits per heavy atom. The highest BCUT2D eigenvalue weighted by Crippen LogP contribution is 2.33. The molecule has 2 heterocycles. The fourth-order valence-electron chi connectivity index (χ4n) is 3.87. The maximum atomic E-state index is 13.8. The van der Waals surface area contributed by atoms with E-state index in [1.165, 1.54) is 0 Å². The van der Waals surface area contributed by atoms with Crippen molar-refractivity contribution in [3.63, 3.8) is 0 Å². The number of halogens is 1. The molecular formula is C25H25ClN4O2. The molecule has 2 aliphatic rings. The van der Waals surface area contributed by atoms with E-state index in [2.05, 4.69) is 10.6 Å². The molecule has 4 rings (SSSR count). The molecule has 0 radical (unpaired) electrons. The van der Waals surface area contributed by atoms with Crippen LogP contribution in [0.4, 0.5) is 5.82 Å². The van der Waals surface area contributed by atoms with Crippen LogP contribution in [0.15, 0.2) is 71.2 Å². The summed E-state index contributed by atoms with van der Waals surface area (Å²) in [6, 6.07) is 9.09. The summed E-state index contributed by atoms with van der Waals surface area (Å²) in [5.41, 5.74) is 4.86. The Labute approximate surface area is 192 Å². The predicted molar refractivity (Wildman–Crippen MR) is 132 cm³/mol. The first-order valence-electron chi connectivity index (χ1n) is 10.4. The van der Waals surface area contributed by atoms with Gasteiger partial charge in [0.05, 0.1) is 11.4 Å². The Kier molecular flexibility index (Phi) is 6.17. The first-order chi connectivity index (χ1) is 15.4. The minimum Gasteiger partial charge on any atom is -0.393 e. The summed E-state index contributed by atoms with van der Waals surface area (Å²) >= 11 is 6.10. The predicted octanol–water partition coefficient (Wildman–Crippen LogP) is 4.76. The lowest BCUT2D eigenvalue weighted by Crippen LogP contribution is -2.32. The van der Waals surface area contributed by atoms with Gasteiger partial charge in [0, 0.05) is 41.6 Å². The van der Waals surface area contributed by atoms with E-state index in [0.717, 1.165) is 16.7 Å². The Balaban J connectivity index is 1.97. The third kappa shape index (κ3) is 4.07. The zero-order valence-electron chi connectivity index (χ0n) is 18.2. The third-order valence-corrected chi connectivity index (χ3v) is 5.65. The monoisotopic (exact) mass is 448 g/mol. The zero-order chi connectivity index (χ0) is 22.8. The van der Waals surface area contributed by atoms with Crippen LogP contribution in [0.25, 0.3) is 16.8 Å². The number of allylic oxidation sites excluding steroid dienone is 6. The molecule has 32 heavy (non-hydrogen) atoms. The SMILES string of the molecule is CCOC1C=C(C)c2cc(C3=C/C(=C/NC)C(=N)C=C3)c(=O)n(-c3ccc(Cl)cc3)c2N1. The second-order valence-electron chi connectivity index (χ2n) is 7.54. The van der Waals surface area contributed by atoms with Gasteiger partial charge in [-0.25, -0.2) is 0 Å². The molecule has 1 unspecified atom stereocenters. The number of nitrogens with zero attached hydrogens (tertiary/aromatic N) is 1. The van der Waals surface area contributed by atoms with Gasteiger partial charge in [-0.3, -0.25) is 9.36 Å². The molecule has 0 spiro atoms. The van der Waals surface area contributed by atoms with Crippen molar-refractivity contribution >= 4 is 34.3 Å². The van der Waals surface area contributed by atoms with Crippen molar-refractivity contribution in [3.8, 4) is 5.69 Å².